The summed E-state index contributed by atoms with van der Waals surface area (Å²) in [5.74, 6) is 0.903. The van der Waals surface area contributed by atoms with E-state index in [2.05, 4.69) is 64.4 Å². The summed E-state index contributed by atoms with van der Waals surface area (Å²) < 4.78 is 5.52. The number of aromatic nitrogens is 2. The van der Waals surface area contributed by atoms with Crippen molar-refractivity contribution in [1.82, 2.24) is 19.8 Å². The van der Waals surface area contributed by atoms with Crippen molar-refractivity contribution >= 4 is 34.2 Å². The SMILES string of the molecule is CN(C)CCCNc1cc(-c2ccc(N3CCN(C(=O)OC(C)(C)C)CC3)nc2)nc2cc(N(C)C)ccc12. The minimum absolute atomic E-state index is 0.253. The van der Waals surface area contributed by atoms with Crippen molar-refractivity contribution in [2.24, 2.45) is 0 Å². The van der Waals surface area contributed by atoms with E-state index in [4.69, 9.17) is 14.7 Å². The predicted octanol–water partition coefficient (Wildman–Crippen LogP) is 4.78. The Morgan fingerprint density at radius 1 is 1.03 bits per heavy atom. The monoisotopic (exact) mass is 533 g/mol. The summed E-state index contributed by atoms with van der Waals surface area (Å²) >= 11 is 0. The lowest BCUT2D eigenvalue weighted by Gasteiger charge is -2.36. The van der Waals surface area contributed by atoms with Gasteiger partial charge in [0.25, 0.3) is 0 Å². The molecule has 0 atom stereocenters. The third-order valence-electron chi connectivity index (χ3n) is 6.71. The molecule has 210 valence electrons. The van der Waals surface area contributed by atoms with Gasteiger partial charge in [-0.05, 0) is 84.2 Å². The molecule has 2 aromatic heterocycles. The number of ether oxygens (including phenoxy) is 1. The van der Waals surface area contributed by atoms with Crippen LogP contribution in [0.5, 0.6) is 0 Å². The zero-order chi connectivity index (χ0) is 28.2. The molecule has 4 rings (SSSR count). The van der Waals surface area contributed by atoms with Crippen LogP contribution >= 0.6 is 0 Å². The lowest BCUT2D eigenvalue weighted by atomic mass is 10.1. The van der Waals surface area contributed by atoms with Gasteiger partial charge in [0, 0.05) is 75.3 Å². The van der Waals surface area contributed by atoms with Crippen LogP contribution < -0.4 is 15.1 Å². The Labute approximate surface area is 232 Å². The lowest BCUT2D eigenvalue weighted by molar-refractivity contribution is 0.0240. The molecule has 9 nitrogen and oxygen atoms in total. The molecule has 1 saturated heterocycles. The molecular formula is C30H43N7O2. The number of fused-ring (bicyclic) bond motifs is 1. The van der Waals surface area contributed by atoms with Gasteiger partial charge in [-0.1, -0.05) is 0 Å². The second kappa shape index (κ2) is 12.1. The molecule has 0 spiro atoms. The first-order valence-corrected chi connectivity index (χ1v) is 13.7. The summed E-state index contributed by atoms with van der Waals surface area (Å²) in [6.07, 6.45) is 2.70. The molecule has 1 aromatic carbocycles. The molecule has 0 saturated carbocycles. The Balaban J connectivity index is 1.51. The third kappa shape index (κ3) is 7.50. The van der Waals surface area contributed by atoms with Crippen LogP contribution in [0.1, 0.15) is 27.2 Å². The number of nitrogens with zero attached hydrogens (tertiary/aromatic N) is 6. The van der Waals surface area contributed by atoms with Crippen LogP contribution in [0.25, 0.3) is 22.2 Å². The van der Waals surface area contributed by atoms with Crippen LogP contribution in [0.4, 0.5) is 22.0 Å². The van der Waals surface area contributed by atoms with E-state index < -0.39 is 5.60 Å². The Morgan fingerprint density at radius 2 is 1.77 bits per heavy atom. The number of rotatable bonds is 8. The van der Waals surface area contributed by atoms with E-state index in [1.54, 1.807) is 4.90 Å². The molecule has 1 aliphatic heterocycles. The Hall–Kier alpha value is -3.59. The van der Waals surface area contributed by atoms with Gasteiger partial charge in [-0.2, -0.15) is 0 Å². The quantitative estimate of drug-likeness (QED) is 0.415. The van der Waals surface area contributed by atoms with Crippen molar-refractivity contribution in [2.45, 2.75) is 32.8 Å². The number of piperazine rings is 1. The van der Waals surface area contributed by atoms with Crippen LogP contribution in [-0.2, 0) is 4.74 Å². The van der Waals surface area contributed by atoms with Gasteiger partial charge in [0.15, 0.2) is 0 Å². The number of anilines is 3. The zero-order valence-corrected chi connectivity index (χ0v) is 24.5. The smallest absolute Gasteiger partial charge is 0.410 e. The highest BCUT2D eigenvalue weighted by Gasteiger charge is 2.26. The molecular weight excluding hydrogens is 490 g/mol. The normalized spacial score (nSPS) is 14.2. The summed E-state index contributed by atoms with van der Waals surface area (Å²) in [6.45, 7) is 10.3. The molecule has 1 aliphatic rings. The summed E-state index contributed by atoms with van der Waals surface area (Å²) in [7, 11) is 8.28. The van der Waals surface area contributed by atoms with E-state index in [1.807, 2.05) is 47.1 Å². The first-order valence-electron chi connectivity index (χ1n) is 13.7. The highest BCUT2D eigenvalue weighted by molar-refractivity contribution is 5.95. The Morgan fingerprint density at radius 3 is 2.38 bits per heavy atom. The fraction of sp³-hybridized carbons (Fsp3) is 0.500. The molecule has 0 unspecified atom stereocenters. The van der Waals surface area contributed by atoms with Crippen LogP contribution in [0, 0.1) is 0 Å². The average molecular weight is 534 g/mol. The van der Waals surface area contributed by atoms with Crippen molar-refractivity contribution in [2.75, 3.05) is 82.6 Å². The highest BCUT2D eigenvalue weighted by atomic mass is 16.6. The molecule has 0 radical (unpaired) electrons. The third-order valence-corrected chi connectivity index (χ3v) is 6.71. The number of benzene rings is 1. The molecule has 0 bridgehead atoms. The van der Waals surface area contributed by atoms with E-state index in [-0.39, 0.29) is 6.09 Å². The largest absolute Gasteiger partial charge is 0.444 e. The van der Waals surface area contributed by atoms with Crippen molar-refractivity contribution in [3.8, 4) is 11.3 Å². The number of carbonyl (C=O) groups is 1. The number of carbonyl (C=O) groups excluding carboxylic acids is 1. The summed E-state index contributed by atoms with van der Waals surface area (Å²) in [6, 6.07) is 12.7. The molecule has 0 aliphatic carbocycles. The van der Waals surface area contributed by atoms with Crippen LogP contribution in [-0.4, -0.2) is 98.9 Å². The summed E-state index contributed by atoms with van der Waals surface area (Å²) in [5.41, 5.74) is 4.53. The average Bonchev–Trinajstić information content (AvgIpc) is 2.89. The lowest BCUT2D eigenvalue weighted by Crippen LogP contribution is -2.50. The maximum atomic E-state index is 12.4. The van der Waals surface area contributed by atoms with Crippen molar-refractivity contribution in [1.29, 1.82) is 0 Å². The van der Waals surface area contributed by atoms with E-state index in [0.717, 1.165) is 58.9 Å². The molecule has 1 fully saturated rings. The number of hydrogen-bond donors (Lipinski definition) is 1. The summed E-state index contributed by atoms with van der Waals surface area (Å²) in [4.78, 5) is 30.5. The van der Waals surface area contributed by atoms with Crippen molar-refractivity contribution < 1.29 is 9.53 Å². The van der Waals surface area contributed by atoms with Gasteiger partial charge in [0.1, 0.15) is 11.4 Å². The zero-order valence-electron chi connectivity index (χ0n) is 24.5. The second-order valence-corrected chi connectivity index (χ2v) is 11.6. The fourth-order valence-corrected chi connectivity index (χ4v) is 4.58. The van der Waals surface area contributed by atoms with Gasteiger partial charge < -0.3 is 29.7 Å². The van der Waals surface area contributed by atoms with Gasteiger partial charge in [-0.25, -0.2) is 14.8 Å². The Kier molecular flexibility index (Phi) is 8.80. The van der Waals surface area contributed by atoms with Gasteiger partial charge >= 0.3 is 6.09 Å². The molecule has 1 amide bonds. The first kappa shape index (κ1) is 28.4. The topological polar surface area (TPSA) is 77.1 Å². The van der Waals surface area contributed by atoms with Crippen molar-refractivity contribution in [3.63, 3.8) is 0 Å². The molecule has 39 heavy (non-hydrogen) atoms. The van der Waals surface area contributed by atoms with Gasteiger partial charge in [-0.15, -0.1) is 0 Å². The van der Waals surface area contributed by atoms with E-state index in [0.29, 0.717) is 26.2 Å². The van der Waals surface area contributed by atoms with Crippen LogP contribution in [0.3, 0.4) is 0 Å². The van der Waals surface area contributed by atoms with Gasteiger partial charge in [0.2, 0.25) is 0 Å². The highest BCUT2D eigenvalue weighted by Crippen LogP contribution is 2.31. The minimum atomic E-state index is -0.488. The second-order valence-electron chi connectivity index (χ2n) is 11.6. The van der Waals surface area contributed by atoms with E-state index in [9.17, 15) is 4.79 Å². The van der Waals surface area contributed by atoms with E-state index >= 15 is 0 Å². The first-order chi connectivity index (χ1) is 18.5. The van der Waals surface area contributed by atoms with E-state index in [1.165, 1.54) is 0 Å². The number of nitrogens with one attached hydrogen (secondary N) is 1. The molecule has 3 heterocycles. The number of pyridine rings is 2. The Bertz CT molecular complexity index is 1260. The number of amides is 1. The summed E-state index contributed by atoms with van der Waals surface area (Å²) in [5, 5.41) is 4.75. The fourth-order valence-electron chi connectivity index (χ4n) is 4.58. The van der Waals surface area contributed by atoms with Crippen LogP contribution in [0.15, 0.2) is 42.6 Å². The number of hydrogen-bond acceptors (Lipinski definition) is 8. The predicted molar refractivity (Wildman–Crippen MR) is 161 cm³/mol. The standard InChI is InChI=1S/C30H43N7O2/c1-30(2,3)39-29(38)37-17-15-36(16-18-37)28-12-9-22(21-32-28)25-20-26(31-13-8-14-34(4)5)24-11-10-23(35(6)7)19-27(24)33-25/h9-12,19-21H,8,13-18H2,1-7H3,(H,31,33). The van der Waals surface area contributed by atoms with Crippen LogP contribution in [0.2, 0.25) is 0 Å². The maximum absolute atomic E-state index is 12.4. The molecule has 9 heteroatoms. The molecule has 3 aromatic rings. The molecule has 1 N–H and O–H groups in total. The van der Waals surface area contributed by atoms with Gasteiger partial charge in [-0.3, -0.25) is 0 Å². The maximum Gasteiger partial charge on any atom is 0.410 e. The minimum Gasteiger partial charge on any atom is -0.444 e. The van der Waals surface area contributed by atoms with Gasteiger partial charge in [0.05, 0.1) is 11.2 Å². The van der Waals surface area contributed by atoms with Crippen molar-refractivity contribution in [3.05, 3.63) is 42.6 Å².